The molecule has 0 spiro atoms. The highest BCUT2D eigenvalue weighted by Gasteiger charge is 2.20. The minimum atomic E-state index is -0.249. The van der Waals surface area contributed by atoms with E-state index >= 15 is 0 Å². The molecule has 0 saturated heterocycles. The molecular weight excluding hydrogens is 343 g/mol. The third-order valence-corrected chi connectivity index (χ3v) is 5.14. The van der Waals surface area contributed by atoms with Crippen LogP contribution in [0.3, 0.4) is 0 Å². The smallest absolute Gasteiger partial charge is 0.167 e. The average Bonchev–Trinajstić information content (AvgIpc) is 2.71. The molecule has 0 aliphatic carbocycles. The van der Waals surface area contributed by atoms with Gasteiger partial charge in [-0.3, -0.25) is 0 Å². The van der Waals surface area contributed by atoms with Crippen molar-refractivity contribution in [2.45, 2.75) is 5.25 Å². The number of halogens is 1. The molecule has 3 aromatic rings. The fourth-order valence-electron chi connectivity index (χ4n) is 2.76. The molecule has 4 heteroatoms. The minimum absolute atomic E-state index is 0.159. The lowest BCUT2D eigenvalue weighted by Crippen LogP contribution is -2.13. The van der Waals surface area contributed by atoms with Crippen molar-refractivity contribution in [1.29, 1.82) is 0 Å². The Balaban J connectivity index is 1.68. The second-order valence-corrected chi connectivity index (χ2v) is 7.05. The molecule has 4 rings (SSSR count). The van der Waals surface area contributed by atoms with E-state index in [1.54, 1.807) is 23.9 Å². The predicted octanol–water partition coefficient (Wildman–Crippen LogP) is 6.12. The molecule has 0 amide bonds. The summed E-state index contributed by atoms with van der Waals surface area (Å²) in [6, 6.07) is 26.8. The summed E-state index contributed by atoms with van der Waals surface area (Å²) in [5.41, 5.74) is 4.05. The van der Waals surface area contributed by atoms with Gasteiger partial charge in [0.1, 0.15) is 5.82 Å². The van der Waals surface area contributed by atoms with E-state index in [1.807, 2.05) is 36.4 Å². The lowest BCUT2D eigenvalue weighted by Gasteiger charge is -2.22. The highest BCUT2D eigenvalue weighted by atomic mass is 32.2. The topological polar surface area (TPSA) is 24.4 Å². The van der Waals surface area contributed by atoms with Gasteiger partial charge < -0.3 is 5.32 Å². The van der Waals surface area contributed by atoms with Gasteiger partial charge in [-0.15, -0.1) is 0 Å². The highest BCUT2D eigenvalue weighted by molar-refractivity contribution is 8.14. The molecule has 128 valence electrons. The first-order chi connectivity index (χ1) is 12.8. The Morgan fingerprint density at radius 2 is 1.46 bits per heavy atom. The SMILES string of the molecule is Fc1ccc(NC2=NC(c3ccccc3)=CC(c3ccccc3)S2)cc1. The summed E-state index contributed by atoms with van der Waals surface area (Å²) in [5, 5.41) is 4.27. The molecule has 0 fully saturated rings. The van der Waals surface area contributed by atoms with Crippen molar-refractivity contribution in [3.05, 3.63) is 108 Å². The molecule has 1 aliphatic heterocycles. The van der Waals surface area contributed by atoms with Gasteiger partial charge in [0.15, 0.2) is 5.17 Å². The summed E-state index contributed by atoms with van der Waals surface area (Å²) in [4.78, 5) is 4.78. The molecule has 1 heterocycles. The highest BCUT2D eigenvalue weighted by Crippen LogP contribution is 2.38. The molecule has 1 unspecified atom stereocenters. The van der Waals surface area contributed by atoms with E-state index in [0.29, 0.717) is 0 Å². The third-order valence-electron chi connectivity index (χ3n) is 4.06. The number of hydrogen-bond acceptors (Lipinski definition) is 3. The average molecular weight is 360 g/mol. The molecule has 2 nitrogen and oxygen atoms in total. The predicted molar refractivity (Wildman–Crippen MR) is 109 cm³/mol. The second kappa shape index (κ2) is 7.58. The third kappa shape index (κ3) is 3.86. The van der Waals surface area contributed by atoms with E-state index < -0.39 is 0 Å². The molecule has 0 aromatic heterocycles. The normalized spacial score (nSPS) is 16.6. The van der Waals surface area contributed by atoms with E-state index in [9.17, 15) is 4.39 Å². The van der Waals surface area contributed by atoms with Crippen molar-refractivity contribution < 1.29 is 4.39 Å². The summed E-state index contributed by atoms with van der Waals surface area (Å²) in [5.74, 6) is -0.249. The van der Waals surface area contributed by atoms with Crippen LogP contribution in [0.2, 0.25) is 0 Å². The largest absolute Gasteiger partial charge is 0.335 e. The van der Waals surface area contributed by atoms with E-state index in [-0.39, 0.29) is 11.1 Å². The number of nitrogens with zero attached hydrogens (tertiary/aromatic N) is 1. The first-order valence-electron chi connectivity index (χ1n) is 8.38. The molecule has 26 heavy (non-hydrogen) atoms. The van der Waals surface area contributed by atoms with Gasteiger partial charge in [-0.25, -0.2) is 9.38 Å². The van der Waals surface area contributed by atoms with Crippen LogP contribution in [-0.2, 0) is 0 Å². The van der Waals surface area contributed by atoms with Crippen molar-refractivity contribution in [2.24, 2.45) is 4.99 Å². The van der Waals surface area contributed by atoms with Crippen LogP contribution in [-0.4, -0.2) is 5.17 Å². The molecule has 0 radical (unpaired) electrons. The minimum Gasteiger partial charge on any atom is -0.335 e. The molecule has 0 bridgehead atoms. The summed E-state index contributed by atoms with van der Waals surface area (Å²) in [7, 11) is 0. The summed E-state index contributed by atoms with van der Waals surface area (Å²) in [6.07, 6.45) is 2.19. The zero-order chi connectivity index (χ0) is 17.8. The van der Waals surface area contributed by atoms with Crippen molar-refractivity contribution in [3.63, 3.8) is 0 Å². The zero-order valence-corrected chi connectivity index (χ0v) is 14.8. The van der Waals surface area contributed by atoms with Crippen molar-refractivity contribution in [2.75, 3.05) is 5.32 Å². The maximum absolute atomic E-state index is 13.2. The number of hydrogen-bond donors (Lipinski definition) is 1. The van der Waals surface area contributed by atoms with E-state index in [1.165, 1.54) is 17.7 Å². The first-order valence-corrected chi connectivity index (χ1v) is 9.26. The van der Waals surface area contributed by atoms with E-state index in [0.717, 1.165) is 22.1 Å². The molecular formula is C22H17FN2S. The number of amidine groups is 1. The maximum Gasteiger partial charge on any atom is 0.167 e. The van der Waals surface area contributed by atoms with Crippen LogP contribution < -0.4 is 5.32 Å². The quantitative estimate of drug-likeness (QED) is 0.608. The van der Waals surface area contributed by atoms with Gasteiger partial charge in [0.25, 0.3) is 0 Å². The number of rotatable bonds is 3. The van der Waals surface area contributed by atoms with Crippen LogP contribution in [0.5, 0.6) is 0 Å². The van der Waals surface area contributed by atoms with Crippen molar-refractivity contribution in [3.8, 4) is 0 Å². The summed E-state index contributed by atoms with van der Waals surface area (Å²) >= 11 is 1.65. The second-order valence-electron chi connectivity index (χ2n) is 5.92. The number of aliphatic imine (C=N–C) groups is 1. The van der Waals surface area contributed by atoms with Crippen LogP contribution in [0.1, 0.15) is 16.4 Å². The van der Waals surface area contributed by atoms with Crippen LogP contribution in [0.15, 0.2) is 96.0 Å². The van der Waals surface area contributed by atoms with Crippen LogP contribution in [0.4, 0.5) is 10.1 Å². The molecule has 1 N–H and O–H groups in total. The fraction of sp³-hybridized carbons (Fsp3) is 0.0455. The Hall–Kier alpha value is -2.85. The lowest BCUT2D eigenvalue weighted by molar-refractivity contribution is 0.628. The van der Waals surface area contributed by atoms with E-state index in [4.69, 9.17) is 4.99 Å². The summed E-state index contributed by atoms with van der Waals surface area (Å²) in [6.45, 7) is 0. The van der Waals surface area contributed by atoms with Gasteiger partial charge in [0.05, 0.1) is 10.9 Å². The Bertz CT molecular complexity index is 935. The van der Waals surface area contributed by atoms with Crippen molar-refractivity contribution in [1.82, 2.24) is 0 Å². The van der Waals surface area contributed by atoms with E-state index in [2.05, 4.69) is 35.7 Å². The molecule has 1 atom stereocenters. The molecule has 1 aliphatic rings. The Morgan fingerprint density at radius 3 is 2.15 bits per heavy atom. The molecule has 3 aromatic carbocycles. The van der Waals surface area contributed by atoms with Gasteiger partial charge >= 0.3 is 0 Å². The zero-order valence-electron chi connectivity index (χ0n) is 14.0. The number of benzene rings is 3. The Morgan fingerprint density at radius 1 is 0.808 bits per heavy atom. The number of nitrogens with one attached hydrogen (secondary N) is 1. The number of thioether (sulfide) groups is 1. The standard InChI is InChI=1S/C22H17FN2S/c23-18-11-13-19(14-12-18)24-22-25-20(16-7-3-1-4-8-16)15-21(26-22)17-9-5-2-6-10-17/h1-15,21H,(H,24,25). The summed E-state index contributed by atoms with van der Waals surface area (Å²) < 4.78 is 13.2. The van der Waals surface area contributed by atoms with Crippen LogP contribution >= 0.6 is 11.8 Å². The van der Waals surface area contributed by atoms with Crippen LogP contribution in [0.25, 0.3) is 5.70 Å². The monoisotopic (exact) mass is 360 g/mol. The van der Waals surface area contributed by atoms with Gasteiger partial charge in [-0.2, -0.15) is 0 Å². The Kier molecular flexibility index (Phi) is 4.84. The fourth-order valence-corrected chi connectivity index (χ4v) is 3.82. The first kappa shape index (κ1) is 16.6. The maximum atomic E-state index is 13.2. The van der Waals surface area contributed by atoms with Gasteiger partial charge in [0, 0.05) is 5.69 Å². The van der Waals surface area contributed by atoms with Gasteiger partial charge in [0.2, 0.25) is 0 Å². The Labute approximate surface area is 156 Å². The van der Waals surface area contributed by atoms with Crippen molar-refractivity contribution >= 4 is 28.3 Å². The number of anilines is 1. The lowest BCUT2D eigenvalue weighted by atomic mass is 10.1. The van der Waals surface area contributed by atoms with Gasteiger partial charge in [-0.05, 0) is 41.5 Å². The molecule has 0 saturated carbocycles. The van der Waals surface area contributed by atoms with Gasteiger partial charge in [-0.1, -0.05) is 72.4 Å². The van der Waals surface area contributed by atoms with Crippen LogP contribution in [0, 0.1) is 5.82 Å².